The lowest BCUT2D eigenvalue weighted by Crippen LogP contribution is -2.29. The molecule has 0 spiro atoms. The molecule has 0 aliphatic heterocycles. The molecule has 10 heteroatoms. The van der Waals surface area contributed by atoms with Crippen LogP contribution in [-0.4, -0.2) is 71.1 Å². The van der Waals surface area contributed by atoms with Gasteiger partial charge in [-0.3, -0.25) is 0 Å². The fourth-order valence-corrected chi connectivity index (χ4v) is 3.99. The van der Waals surface area contributed by atoms with Crippen LogP contribution in [0.15, 0.2) is 42.9 Å². The highest BCUT2D eigenvalue weighted by Gasteiger charge is 2.21. The molecule has 3 heterocycles. The van der Waals surface area contributed by atoms with Gasteiger partial charge in [0.2, 0.25) is 5.95 Å². The number of aryl methyl sites for hydroxylation is 1. The zero-order chi connectivity index (χ0) is 26.7. The van der Waals surface area contributed by atoms with Gasteiger partial charge in [-0.15, -0.1) is 0 Å². The van der Waals surface area contributed by atoms with E-state index in [0.717, 1.165) is 41.0 Å². The Bertz CT molecular complexity index is 1410. The first-order valence-corrected chi connectivity index (χ1v) is 12.2. The van der Waals surface area contributed by atoms with Crippen LogP contribution in [0.25, 0.3) is 22.3 Å². The van der Waals surface area contributed by atoms with Crippen molar-refractivity contribution in [2.24, 2.45) is 0 Å². The predicted molar refractivity (Wildman–Crippen MR) is 148 cm³/mol. The summed E-state index contributed by atoms with van der Waals surface area (Å²) >= 11 is 0. The third-order valence-electron chi connectivity index (χ3n) is 5.97. The number of aromatic nitrogens is 4. The van der Waals surface area contributed by atoms with Gasteiger partial charge in [0, 0.05) is 55.4 Å². The van der Waals surface area contributed by atoms with E-state index in [2.05, 4.69) is 30.1 Å². The number of pyridine rings is 1. The molecule has 4 aromatic rings. The molecule has 0 saturated heterocycles. The number of hydrogen-bond donors (Lipinski definition) is 3. The molecule has 1 aromatic carbocycles. The molecule has 0 saturated carbocycles. The van der Waals surface area contributed by atoms with Crippen molar-refractivity contribution in [2.75, 3.05) is 50.2 Å². The second-order valence-corrected chi connectivity index (χ2v) is 9.59. The molecule has 0 fully saturated rings. The highest BCUT2D eigenvalue weighted by Crippen LogP contribution is 2.33. The number of aromatic amines is 1. The number of carbonyl (C=O) groups is 1. The van der Waals surface area contributed by atoms with Crippen molar-refractivity contribution < 1.29 is 9.53 Å². The fraction of sp³-hybridized carbons (Fsp3) is 0.333. The summed E-state index contributed by atoms with van der Waals surface area (Å²) in [7, 11) is 6.12. The number of ether oxygens (including phenoxy) is 1. The van der Waals surface area contributed by atoms with Crippen molar-refractivity contribution in [2.45, 2.75) is 26.9 Å². The predicted octanol–water partition coefficient (Wildman–Crippen LogP) is 4.22. The van der Waals surface area contributed by atoms with Gasteiger partial charge >= 0.3 is 5.97 Å². The monoisotopic (exact) mass is 502 g/mol. The van der Waals surface area contributed by atoms with Gasteiger partial charge in [0.15, 0.2) is 0 Å². The molecule has 3 aromatic heterocycles. The number of nitrogens with one attached hydrogen (secondary N) is 2. The maximum absolute atomic E-state index is 12.9. The lowest BCUT2D eigenvalue weighted by Gasteiger charge is -2.24. The van der Waals surface area contributed by atoms with E-state index in [1.165, 1.54) is 6.20 Å². The van der Waals surface area contributed by atoms with Crippen molar-refractivity contribution in [1.29, 1.82) is 0 Å². The molecule has 0 aliphatic carbocycles. The van der Waals surface area contributed by atoms with E-state index in [-0.39, 0.29) is 11.7 Å². The molecular weight excluding hydrogens is 468 g/mol. The van der Waals surface area contributed by atoms with Crippen LogP contribution in [0.2, 0.25) is 0 Å². The van der Waals surface area contributed by atoms with E-state index in [1.807, 2.05) is 52.3 Å². The molecule has 0 aliphatic rings. The van der Waals surface area contributed by atoms with E-state index in [4.69, 9.17) is 15.5 Å². The molecule has 194 valence electrons. The Morgan fingerprint density at radius 3 is 2.70 bits per heavy atom. The summed E-state index contributed by atoms with van der Waals surface area (Å²) in [6.45, 7) is 7.38. The Hall–Kier alpha value is -4.18. The average molecular weight is 503 g/mol. The summed E-state index contributed by atoms with van der Waals surface area (Å²) in [6, 6.07) is 7.71. The van der Waals surface area contributed by atoms with Crippen LogP contribution in [0.4, 0.5) is 23.0 Å². The Balaban J connectivity index is 1.70. The Morgan fingerprint density at radius 2 is 1.97 bits per heavy atom. The highest BCUT2D eigenvalue weighted by atomic mass is 16.5. The van der Waals surface area contributed by atoms with E-state index in [0.29, 0.717) is 23.0 Å². The van der Waals surface area contributed by atoms with Gasteiger partial charge in [-0.05, 0) is 64.7 Å². The molecule has 4 rings (SSSR count). The summed E-state index contributed by atoms with van der Waals surface area (Å²) in [5.74, 6) is -0.147. The van der Waals surface area contributed by atoms with Crippen molar-refractivity contribution in [3.63, 3.8) is 0 Å². The lowest BCUT2D eigenvalue weighted by molar-refractivity contribution is 0.0378. The van der Waals surface area contributed by atoms with Gasteiger partial charge in [-0.2, -0.15) is 0 Å². The van der Waals surface area contributed by atoms with Crippen molar-refractivity contribution in [1.82, 2.24) is 24.8 Å². The van der Waals surface area contributed by atoms with Gasteiger partial charge in [-0.25, -0.2) is 19.7 Å². The molecule has 0 amide bonds. The number of benzene rings is 1. The molecule has 0 atom stereocenters. The van der Waals surface area contributed by atoms with Gasteiger partial charge in [-0.1, -0.05) is 0 Å². The van der Waals surface area contributed by atoms with Crippen LogP contribution in [0.3, 0.4) is 0 Å². The summed E-state index contributed by atoms with van der Waals surface area (Å²) in [5.41, 5.74) is 12.0. The number of H-pyrrole nitrogens is 1. The summed E-state index contributed by atoms with van der Waals surface area (Å²) in [6.07, 6.45) is 4.71. The normalized spacial score (nSPS) is 11.4. The molecular formula is C27H34N8O2. The first-order chi connectivity index (χ1) is 17.6. The number of hydrogen-bond acceptors (Lipinski definition) is 9. The lowest BCUT2D eigenvalue weighted by atomic mass is 10.1. The quantitative estimate of drug-likeness (QED) is 0.228. The zero-order valence-electron chi connectivity index (χ0n) is 22.2. The smallest absolute Gasteiger partial charge is 0.342 e. The van der Waals surface area contributed by atoms with Gasteiger partial charge < -0.3 is 30.6 Å². The number of esters is 1. The number of anilines is 4. The number of nitrogen functional groups attached to an aromatic ring is 1. The molecule has 0 radical (unpaired) electrons. The highest BCUT2D eigenvalue weighted by molar-refractivity contribution is 6.02. The van der Waals surface area contributed by atoms with Crippen LogP contribution < -0.4 is 16.0 Å². The van der Waals surface area contributed by atoms with Crippen LogP contribution in [0.1, 0.15) is 29.8 Å². The van der Waals surface area contributed by atoms with Crippen LogP contribution in [-0.2, 0) is 4.74 Å². The Labute approximate surface area is 216 Å². The SMILES string of the molecule is Cc1cc(N(C)CCN(C)C)c(N)cc1Nc1ncc(C(=O)OC(C)C)c(-c2c[nH]c3ncccc23)n1. The summed E-state index contributed by atoms with van der Waals surface area (Å²) < 4.78 is 5.46. The Kier molecular flexibility index (Phi) is 7.58. The summed E-state index contributed by atoms with van der Waals surface area (Å²) in [5, 5.41) is 4.12. The molecule has 10 nitrogen and oxygen atoms in total. The minimum absolute atomic E-state index is 0.275. The standard InChI is InChI=1S/C27H34N8O2/c1-16(2)37-26(36)20-15-31-27(33-24(20)19-14-30-25-18(19)8-7-9-29-25)32-22-13-21(28)23(12-17(22)3)35(6)11-10-34(4)5/h7-9,12-16H,10-11,28H2,1-6H3,(H,29,30)(H,31,32,33). The first-order valence-electron chi connectivity index (χ1n) is 12.2. The van der Waals surface area contributed by atoms with Gasteiger partial charge in [0.25, 0.3) is 0 Å². The maximum atomic E-state index is 12.9. The molecule has 37 heavy (non-hydrogen) atoms. The molecule has 0 unspecified atom stereocenters. The fourth-order valence-electron chi connectivity index (χ4n) is 3.99. The minimum atomic E-state index is -0.486. The number of likely N-dealkylation sites (N-methyl/N-ethyl adjacent to an activating group) is 2. The van der Waals surface area contributed by atoms with Crippen molar-refractivity contribution >= 4 is 40.0 Å². The van der Waals surface area contributed by atoms with Crippen molar-refractivity contribution in [3.8, 4) is 11.3 Å². The van der Waals surface area contributed by atoms with Crippen LogP contribution in [0.5, 0.6) is 0 Å². The second kappa shape index (κ2) is 10.8. The number of fused-ring (bicyclic) bond motifs is 1. The van der Waals surface area contributed by atoms with E-state index in [1.54, 1.807) is 26.2 Å². The average Bonchev–Trinajstić information content (AvgIpc) is 3.28. The molecule has 0 bridgehead atoms. The van der Waals surface area contributed by atoms with E-state index >= 15 is 0 Å². The van der Waals surface area contributed by atoms with Gasteiger partial charge in [0.1, 0.15) is 11.2 Å². The van der Waals surface area contributed by atoms with Crippen LogP contribution in [0, 0.1) is 6.92 Å². The topological polar surface area (TPSA) is 125 Å². The Morgan fingerprint density at radius 1 is 1.19 bits per heavy atom. The maximum Gasteiger partial charge on any atom is 0.342 e. The summed E-state index contributed by atoms with van der Waals surface area (Å²) in [4.78, 5) is 33.8. The third-order valence-corrected chi connectivity index (χ3v) is 5.97. The van der Waals surface area contributed by atoms with Crippen LogP contribution >= 0.6 is 0 Å². The van der Waals surface area contributed by atoms with E-state index in [9.17, 15) is 4.79 Å². The number of nitrogens with two attached hydrogens (primary N) is 1. The number of nitrogens with zero attached hydrogens (tertiary/aromatic N) is 5. The first kappa shape index (κ1) is 25.9. The zero-order valence-corrected chi connectivity index (χ0v) is 22.2. The van der Waals surface area contributed by atoms with E-state index < -0.39 is 5.97 Å². The van der Waals surface area contributed by atoms with Crippen molar-refractivity contribution in [3.05, 3.63) is 54.0 Å². The second-order valence-electron chi connectivity index (χ2n) is 9.59. The van der Waals surface area contributed by atoms with Gasteiger partial charge in [0.05, 0.1) is 23.2 Å². The minimum Gasteiger partial charge on any atom is -0.459 e. The molecule has 4 N–H and O–H groups in total. The number of carbonyl (C=O) groups excluding carboxylic acids is 1. The third kappa shape index (κ3) is 5.80. The number of rotatable bonds is 9. The largest absolute Gasteiger partial charge is 0.459 e.